The molecule has 0 unspecified atom stereocenters. The van der Waals surface area contributed by atoms with Gasteiger partial charge < -0.3 is 4.74 Å². The van der Waals surface area contributed by atoms with E-state index in [0.717, 1.165) is 11.3 Å². The van der Waals surface area contributed by atoms with Crippen molar-refractivity contribution in [1.29, 1.82) is 0 Å². The Morgan fingerprint density at radius 3 is 2.75 bits per heavy atom. The molecule has 3 nitrogen and oxygen atoms in total. The molecule has 0 aliphatic rings. The first kappa shape index (κ1) is 12.3. The van der Waals surface area contributed by atoms with E-state index in [1.54, 1.807) is 6.08 Å². The maximum Gasteiger partial charge on any atom is 0.309 e. The van der Waals surface area contributed by atoms with Gasteiger partial charge in [0, 0.05) is 0 Å². The molecule has 0 saturated heterocycles. The Hall–Kier alpha value is -1.77. The Morgan fingerprint density at radius 2 is 2.19 bits per heavy atom. The molecule has 82 valence electrons. The smallest absolute Gasteiger partial charge is 0.309 e. The van der Waals surface area contributed by atoms with E-state index in [9.17, 15) is 4.79 Å². The van der Waals surface area contributed by atoms with Crippen molar-refractivity contribution >= 4 is 35.1 Å². The summed E-state index contributed by atoms with van der Waals surface area (Å²) in [6.07, 6.45) is 3.88. The third-order valence-corrected chi connectivity index (χ3v) is 1.98. The summed E-state index contributed by atoms with van der Waals surface area (Å²) in [5, 5.41) is 2.30. The first-order chi connectivity index (χ1) is 7.76. The van der Waals surface area contributed by atoms with E-state index in [-0.39, 0.29) is 12.4 Å². The van der Waals surface area contributed by atoms with Gasteiger partial charge in [-0.25, -0.2) is 0 Å². The van der Waals surface area contributed by atoms with E-state index in [1.807, 2.05) is 30.3 Å². The highest BCUT2D eigenvalue weighted by molar-refractivity contribution is 7.78. The summed E-state index contributed by atoms with van der Waals surface area (Å²) in [6.45, 7) is 0. The molecular weight excluding hydrogens is 222 g/mol. The number of carbonyl (C=O) groups excluding carboxylic acids is 1. The number of benzene rings is 1. The maximum atomic E-state index is 10.8. The van der Waals surface area contributed by atoms with Gasteiger partial charge in [-0.2, -0.15) is 4.99 Å². The average Bonchev–Trinajstić information content (AvgIpc) is 2.31. The number of aliphatic imine (C=N–C) groups is 1. The summed E-state index contributed by atoms with van der Waals surface area (Å²) in [7, 11) is 1.37. The van der Waals surface area contributed by atoms with Crippen molar-refractivity contribution in [3.8, 4) is 0 Å². The van der Waals surface area contributed by atoms with Gasteiger partial charge in [-0.05, 0) is 29.9 Å². The molecule has 0 spiro atoms. The summed E-state index contributed by atoms with van der Waals surface area (Å²) in [5.74, 6) is -0.252. The van der Waals surface area contributed by atoms with Gasteiger partial charge in [0.25, 0.3) is 0 Å². The van der Waals surface area contributed by atoms with Crippen molar-refractivity contribution in [3.05, 3.63) is 35.9 Å². The lowest BCUT2D eigenvalue weighted by atomic mass is 10.2. The predicted molar refractivity (Wildman–Crippen MR) is 66.8 cm³/mol. The van der Waals surface area contributed by atoms with E-state index >= 15 is 0 Å². The minimum atomic E-state index is -0.252. The number of thiocarbonyl (C=S) groups is 1. The second-order valence-electron chi connectivity index (χ2n) is 2.98. The Bertz CT molecular complexity index is 431. The number of nitrogens with zero attached hydrogens (tertiary/aromatic N) is 1. The van der Waals surface area contributed by atoms with E-state index in [0.29, 0.717) is 0 Å². The molecule has 16 heavy (non-hydrogen) atoms. The lowest BCUT2D eigenvalue weighted by Crippen LogP contribution is -1.96. The van der Waals surface area contributed by atoms with E-state index in [1.165, 1.54) is 7.11 Å². The van der Waals surface area contributed by atoms with Crippen LogP contribution in [0.4, 0.5) is 5.69 Å². The lowest BCUT2D eigenvalue weighted by molar-refractivity contribution is -0.139. The third-order valence-electron chi connectivity index (χ3n) is 1.89. The zero-order chi connectivity index (χ0) is 11.8. The summed E-state index contributed by atoms with van der Waals surface area (Å²) in [5.41, 5.74) is 1.76. The van der Waals surface area contributed by atoms with Crippen LogP contribution in [-0.4, -0.2) is 18.2 Å². The highest BCUT2D eigenvalue weighted by atomic mass is 32.1. The van der Waals surface area contributed by atoms with Crippen molar-refractivity contribution < 1.29 is 9.53 Å². The Balaban J connectivity index is 2.61. The summed E-state index contributed by atoms with van der Waals surface area (Å²) >= 11 is 4.50. The van der Waals surface area contributed by atoms with Gasteiger partial charge in [0.15, 0.2) is 0 Å². The fourth-order valence-electron chi connectivity index (χ4n) is 1.09. The van der Waals surface area contributed by atoms with Gasteiger partial charge in [0.2, 0.25) is 0 Å². The standard InChI is InChI=1S/C12H11NO2S/c1-15-12(14)4-2-3-10-5-7-11(8-6-10)13-9-16/h2-3,5-8H,4H2,1H3. The first-order valence-corrected chi connectivity index (χ1v) is 5.08. The summed E-state index contributed by atoms with van der Waals surface area (Å²) < 4.78 is 4.51. The number of isothiocyanates is 1. The highest BCUT2D eigenvalue weighted by Crippen LogP contribution is 2.13. The van der Waals surface area contributed by atoms with Crippen LogP contribution in [0.5, 0.6) is 0 Å². The molecular formula is C12H11NO2S. The van der Waals surface area contributed by atoms with Crippen molar-refractivity contribution in [3.63, 3.8) is 0 Å². The van der Waals surface area contributed by atoms with Gasteiger partial charge in [0.1, 0.15) is 0 Å². The molecule has 0 aromatic heterocycles. The van der Waals surface area contributed by atoms with Gasteiger partial charge >= 0.3 is 5.97 Å². The normalized spacial score (nSPS) is 9.81. The monoisotopic (exact) mass is 233 g/mol. The number of esters is 1. The van der Waals surface area contributed by atoms with Crippen molar-refractivity contribution in [2.24, 2.45) is 4.99 Å². The number of rotatable bonds is 4. The van der Waals surface area contributed by atoms with Gasteiger partial charge in [-0.1, -0.05) is 24.3 Å². The molecule has 0 N–H and O–H groups in total. The van der Waals surface area contributed by atoms with Crippen LogP contribution >= 0.6 is 12.2 Å². The first-order valence-electron chi connectivity index (χ1n) is 4.67. The molecule has 0 fully saturated rings. The fourth-order valence-corrected chi connectivity index (χ4v) is 1.19. The summed E-state index contributed by atoms with van der Waals surface area (Å²) in [4.78, 5) is 14.7. The molecule has 4 heteroatoms. The highest BCUT2D eigenvalue weighted by Gasteiger charge is 1.94. The maximum absolute atomic E-state index is 10.8. The van der Waals surface area contributed by atoms with Crippen LogP contribution in [0.25, 0.3) is 6.08 Å². The van der Waals surface area contributed by atoms with Crippen LogP contribution in [0.1, 0.15) is 12.0 Å². The Kier molecular flexibility index (Phi) is 5.12. The molecule has 0 heterocycles. The van der Waals surface area contributed by atoms with Gasteiger partial charge in [-0.15, -0.1) is 0 Å². The second kappa shape index (κ2) is 6.67. The molecule has 0 bridgehead atoms. The van der Waals surface area contributed by atoms with Crippen molar-refractivity contribution in [2.45, 2.75) is 6.42 Å². The van der Waals surface area contributed by atoms with Crippen molar-refractivity contribution in [1.82, 2.24) is 0 Å². The fraction of sp³-hybridized carbons (Fsp3) is 0.167. The number of hydrogen-bond acceptors (Lipinski definition) is 4. The molecule has 0 atom stereocenters. The SMILES string of the molecule is COC(=O)CC=Cc1ccc(N=C=S)cc1. The molecule has 1 aromatic carbocycles. The molecule has 0 radical (unpaired) electrons. The molecule has 1 rings (SSSR count). The van der Waals surface area contributed by atoms with Crippen LogP contribution in [0.15, 0.2) is 35.3 Å². The van der Waals surface area contributed by atoms with E-state index in [4.69, 9.17) is 0 Å². The van der Waals surface area contributed by atoms with E-state index < -0.39 is 0 Å². The minimum absolute atomic E-state index is 0.252. The zero-order valence-electron chi connectivity index (χ0n) is 8.84. The number of hydrogen-bond donors (Lipinski definition) is 0. The topological polar surface area (TPSA) is 38.7 Å². The van der Waals surface area contributed by atoms with Gasteiger partial charge in [-0.3, -0.25) is 4.79 Å². The molecule has 0 amide bonds. The van der Waals surface area contributed by atoms with Crippen LogP contribution in [0.2, 0.25) is 0 Å². The Labute approximate surface area is 99.5 Å². The van der Waals surface area contributed by atoms with Crippen LogP contribution in [-0.2, 0) is 9.53 Å². The zero-order valence-corrected chi connectivity index (χ0v) is 9.66. The third kappa shape index (κ3) is 4.17. The Morgan fingerprint density at radius 1 is 1.50 bits per heavy atom. The number of carbonyl (C=O) groups is 1. The van der Waals surface area contributed by atoms with Crippen molar-refractivity contribution in [2.75, 3.05) is 7.11 Å². The number of methoxy groups -OCH3 is 1. The van der Waals surface area contributed by atoms with Crippen LogP contribution < -0.4 is 0 Å². The predicted octanol–water partition coefficient (Wildman–Crippen LogP) is 3.00. The quantitative estimate of drug-likeness (QED) is 0.456. The molecule has 0 saturated carbocycles. The largest absolute Gasteiger partial charge is 0.469 e. The van der Waals surface area contributed by atoms with Crippen LogP contribution in [0, 0.1) is 0 Å². The molecule has 0 aliphatic heterocycles. The number of ether oxygens (including phenoxy) is 1. The summed E-state index contributed by atoms with van der Waals surface area (Å²) in [6, 6.07) is 7.44. The molecule has 0 aliphatic carbocycles. The van der Waals surface area contributed by atoms with Gasteiger partial charge in [0.05, 0.1) is 24.4 Å². The van der Waals surface area contributed by atoms with E-state index in [2.05, 4.69) is 27.1 Å². The average molecular weight is 233 g/mol. The second-order valence-corrected chi connectivity index (χ2v) is 3.16. The molecule has 1 aromatic rings. The lowest BCUT2D eigenvalue weighted by Gasteiger charge is -1.95. The minimum Gasteiger partial charge on any atom is -0.469 e. The van der Waals surface area contributed by atoms with Crippen LogP contribution in [0.3, 0.4) is 0 Å².